The molecule has 232 valence electrons. The van der Waals surface area contributed by atoms with Gasteiger partial charge in [0.05, 0.1) is 12.7 Å². The summed E-state index contributed by atoms with van der Waals surface area (Å²) in [5, 5.41) is 12.4. The topological polar surface area (TPSA) is 73.6 Å². The molecule has 4 aliphatic carbocycles. The van der Waals surface area contributed by atoms with Gasteiger partial charge in [-0.2, -0.15) is 0 Å². The van der Waals surface area contributed by atoms with Crippen molar-refractivity contribution in [1.82, 2.24) is 9.55 Å². The number of aliphatic hydroxyl groups excluding tert-OH is 1. The fourth-order valence-corrected chi connectivity index (χ4v) is 11.8. The Labute approximate surface area is 250 Å². The Morgan fingerprint density at radius 1 is 1.10 bits per heavy atom. The molecule has 4 saturated carbocycles. The molecule has 5 rings (SSSR count). The van der Waals surface area contributed by atoms with Crippen LogP contribution in [0.1, 0.15) is 99.8 Å². The quantitative estimate of drug-likeness (QED) is 0.341. The standard InChI is InChI=1S/C34H58N2O4Si/c1-10-24-28-19-23(40-41(8,9)32(3,4)5)13-15-34(28,7)27-14-16-33(6)25(11-12-26(33)29(27)30(24)37)22(2)20-39-31(38)36-18-17-35-21-36/h17-18,21-30,37H,10-16,19-20H2,1-9H3/t22-,23?,24-,25-,26+,27+,28+,29+,30-,33-,34-/m1/s1. The zero-order valence-electron chi connectivity index (χ0n) is 27.4. The third-order valence-corrected chi connectivity index (χ3v) is 18.1. The molecule has 1 aromatic heterocycles. The lowest BCUT2D eigenvalue weighted by molar-refractivity contribution is -0.202. The predicted molar refractivity (Wildman–Crippen MR) is 166 cm³/mol. The van der Waals surface area contributed by atoms with Crippen molar-refractivity contribution in [3.05, 3.63) is 18.7 Å². The second kappa shape index (κ2) is 11.1. The van der Waals surface area contributed by atoms with Crippen molar-refractivity contribution >= 4 is 14.4 Å². The number of fused-ring (bicyclic) bond motifs is 5. The Kier molecular flexibility index (Phi) is 8.44. The van der Waals surface area contributed by atoms with Gasteiger partial charge >= 0.3 is 6.09 Å². The molecule has 4 fully saturated rings. The number of rotatable bonds is 6. The van der Waals surface area contributed by atoms with E-state index in [0.29, 0.717) is 54.1 Å². The van der Waals surface area contributed by atoms with Crippen LogP contribution in [0.4, 0.5) is 4.79 Å². The van der Waals surface area contributed by atoms with Crippen molar-refractivity contribution in [1.29, 1.82) is 0 Å². The smallest absolute Gasteiger partial charge is 0.419 e. The maximum absolute atomic E-state index is 12.5. The second-order valence-corrected chi connectivity index (χ2v) is 21.2. The van der Waals surface area contributed by atoms with E-state index in [-0.39, 0.29) is 28.1 Å². The first kappa shape index (κ1) is 31.2. The highest BCUT2D eigenvalue weighted by Gasteiger charge is 2.65. The third kappa shape index (κ3) is 5.28. The van der Waals surface area contributed by atoms with Crippen LogP contribution in [0, 0.1) is 52.3 Å². The summed E-state index contributed by atoms with van der Waals surface area (Å²) < 4.78 is 14.1. The van der Waals surface area contributed by atoms with Gasteiger partial charge in [-0.25, -0.2) is 14.3 Å². The number of nitrogens with zero attached hydrogens (tertiary/aromatic N) is 2. The first-order valence-corrected chi connectivity index (χ1v) is 19.6. The molecule has 1 aromatic rings. The van der Waals surface area contributed by atoms with E-state index in [1.54, 1.807) is 12.4 Å². The number of ether oxygens (including phenoxy) is 1. The molecule has 0 saturated heterocycles. The summed E-state index contributed by atoms with van der Waals surface area (Å²) in [6.07, 6.45) is 13.8. The molecule has 0 amide bonds. The zero-order valence-corrected chi connectivity index (χ0v) is 28.4. The van der Waals surface area contributed by atoms with E-state index < -0.39 is 8.32 Å². The summed E-state index contributed by atoms with van der Waals surface area (Å²) in [6, 6.07) is 0. The van der Waals surface area contributed by atoms with E-state index in [9.17, 15) is 9.90 Å². The van der Waals surface area contributed by atoms with Crippen LogP contribution in [-0.2, 0) is 9.16 Å². The van der Waals surface area contributed by atoms with E-state index in [0.717, 1.165) is 12.8 Å². The lowest BCUT2D eigenvalue weighted by Crippen LogP contribution is -2.62. The minimum Gasteiger partial charge on any atom is -0.449 e. The number of imidazole rings is 1. The van der Waals surface area contributed by atoms with E-state index in [1.807, 2.05) is 0 Å². The molecule has 41 heavy (non-hydrogen) atoms. The first-order chi connectivity index (χ1) is 19.1. The Morgan fingerprint density at radius 2 is 1.78 bits per heavy atom. The number of aliphatic hydroxyl groups is 1. The van der Waals surface area contributed by atoms with Crippen LogP contribution in [0.3, 0.4) is 0 Å². The van der Waals surface area contributed by atoms with Gasteiger partial charge in [0.15, 0.2) is 8.32 Å². The highest BCUT2D eigenvalue weighted by Crippen LogP contribution is 2.69. The van der Waals surface area contributed by atoms with Crippen LogP contribution in [0.2, 0.25) is 18.1 Å². The summed E-state index contributed by atoms with van der Waals surface area (Å²) >= 11 is 0. The molecule has 0 aromatic carbocycles. The van der Waals surface area contributed by atoms with Gasteiger partial charge in [-0.3, -0.25) is 0 Å². The van der Waals surface area contributed by atoms with Gasteiger partial charge in [0.1, 0.15) is 6.33 Å². The largest absolute Gasteiger partial charge is 0.449 e. The molecule has 7 heteroatoms. The molecule has 11 atom stereocenters. The Balaban J connectivity index is 1.32. The molecule has 0 radical (unpaired) electrons. The Morgan fingerprint density at radius 3 is 2.41 bits per heavy atom. The molecule has 0 aliphatic heterocycles. The van der Waals surface area contributed by atoms with Crippen LogP contribution in [0.5, 0.6) is 0 Å². The van der Waals surface area contributed by atoms with Crippen molar-refractivity contribution < 1.29 is 19.1 Å². The van der Waals surface area contributed by atoms with Gasteiger partial charge in [0.25, 0.3) is 0 Å². The lowest BCUT2D eigenvalue weighted by atomic mass is 9.41. The number of carbonyl (C=O) groups is 1. The summed E-state index contributed by atoms with van der Waals surface area (Å²) in [5.41, 5.74) is 0.469. The number of aromatic nitrogens is 2. The molecule has 6 nitrogen and oxygen atoms in total. The van der Waals surface area contributed by atoms with E-state index in [2.05, 4.69) is 66.5 Å². The molecular formula is C34H58N2O4Si. The van der Waals surface area contributed by atoms with Gasteiger partial charge in [0, 0.05) is 18.5 Å². The lowest BCUT2D eigenvalue weighted by Gasteiger charge is -2.65. The van der Waals surface area contributed by atoms with Crippen LogP contribution in [0.15, 0.2) is 18.7 Å². The Hall–Kier alpha value is -1.18. The maximum atomic E-state index is 12.5. The average Bonchev–Trinajstić information content (AvgIpc) is 3.55. The minimum atomic E-state index is -1.83. The molecule has 1 N–H and O–H groups in total. The predicted octanol–water partition coefficient (Wildman–Crippen LogP) is 8.16. The van der Waals surface area contributed by atoms with Gasteiger partial charge in [-0.15, -0.1) is 0 Å². The normalized spacial score (nSPS) is 41.7. The zero-order chi connectivity index (χ0) is 30.0. The SMILES string of the molecule is CC[C@H]1[C@@H](O)[C@@H]2[C@H](CC[C@]3(C)[C@@H]([C@H](C)COC(=O)n4ccnc4)CC[C@@H]23)[C@@]2(C)CCC(O[Si](C)(C)C(C)(C)C)C[C@@H]12. The maximum Gasteiger partial charge on any atom is 0.419 e. The number of hydrogen-bond donors (Lipinski definition) is 1. The van der Waals surface area contributed by atoms with Crippen LogP contribution < -0.4 is 0 Å². The summed E-state index contributed by atoms with van der Waals surface area (Å²) in [5.74, 6) is 3.20. The first-order valence-electron chi connectivity index (χ1n) is 16.6. The van der Waals surface area contributed by atoms with Crippen LogP contribution in [-0.4, -0.2) is 47.9 Å². The van der Waals surface area contributed by atoms with Crippen LogP contribution >= 0.6 is 0 Å². The fourth-order valence-electron chi connectivity index (χ4n) is 10.4. The van der Waals surface area contributed by atoms with E-state index >= 15 is 0 Å². The molecular weight excluding hydrogens is 528 g/mol. The third-order valence-electron chi connectivity index (χ3n) is 13.6. The molecule has 1 unspecified atom stereocenters. The van der Waals surface area contributed by atoms with Crippen molar-refractivity contribution in [3.8, 4) is 0 Å². The molecule has 0 spiro atoms. The Bertz CT molecular complexity index is 1070. The molecule has 0 bridgehead atoms. The van der Waals surface area contributed by atoms with Crippen molar-refractivity contribution in [2.45, 2.75) is 130 Å². The summed E-state index contributed by atoms with van der Waals surface area (Å²) in [6.45, 7) is 21.9. The van der Waals surface area contributed by atoms with Crippen molar-refractivity contribution in [2.24, 2.45) is 52.3 Å². The van der Waals surface area contributed by atoms with E-state index in [4.69, 9.17) is 9.16 Å². The van der Waals surface area contributed by atoms with Gasteiger partial charge in [0.2, 0.25) is 0 Å². The van der Waals surface area contributed by atoms with Crippen LogP contribution in [0.25, 0.3) is 0 Å². The second-order valence-electron chi connectivity index (χ2n) is 16.5. The molecule has 4 aliphatic rings. The van der Waals surface area contributed by atoms with Crippen molar-refractivity contribution in [3.63, 3.8) is 0 Å². The minimum absolute atomic E-state index is 0.188. The van der Waals surface area contributed by atoms with Crippen molar-refractivity contribution in [2.75, 3.05) is 6.61 Å². The number of hydrogen-bond acceptors (Lipinski definition) is 5. The number of carbonyl (C=O) groups excluding carboxylic acids is 1. The molecule has 1 heterocycles. The van der Waals surface area contributed by atoms with Gasteiger partial charge in [-0.05, 0) is 115 Å². The average molecular weight is 587 g/mol. The highest BCUT2D eigenvalue weighted by molar-refractivity contribution is 6.74. The summed E-state index contributed by atoms with van der Waals surface area (Å²) in [4.78, 5) is 16.4. The monoisotopic (exact) mass is 586 g/mol. The highest BCUT2D eigenvalue weighted by atomic mass is 28.4. The van der Waals surface area contributed by atoms with Gasteiger partial charge in [-0.1, -0.05) is 54.9 Å². The van der Waals surface area contributed by atoms with Gasteiger partial charge < -0.3 is 14.3 Å². The summed E-state index contributed by atoms with van der Waals surface area (Å²) in [7, 11) is -1.83. The van der Waals surface area contributed by atoms with E-state index in [1.165, 1.54) is 49.4 Å². The fraction of sp³-hybridized carbons (Fsp3) is 0.882.